The number of benzene rings is 2. The zero-order chi connectivity index (χ0) is 14.3. The SMILES string of the molecule is CC1=C(C)Cc2c(O)c(-c3ccccc3)cc(O)c2C1. The molecule has 0 radical (unpaired) electrons. The predicted octanol–water partition coefficient (Wildman–Crippen LogP) is 4.20. The largest absolute Gasteiger partial charge is 0.508 e. The number of phenolic OH excluding ortho intramolecular Hbond substituents is 2. The van der Waals surface area contributed by atoms with Crippen molar-refractivity contribution in [1.29, 1.82) is 0 Å². The highest BCUT2D eigenvalue weighted by atomic mass is 16.3. The summed E-state index contributed by atoms with van der Waals surface area (Å²) >= 11 is 0. The van der Waals surface area contributed by atoms with E-state index in [1.807, 2.05) is 30.3 Å². The first kappa shape index (κ1) is 12.8. The number of hydrogen-bond donors (Lipinski definition) is 2. The maximum atomic E-state index is 10.6. The van der Waals surface area contributed by atoms with E-state index in [2.05, 4.69) is 13.8 Å². The molecule has 2 N–H and O–H groups in total. The highest BCUT2D eigenvalue weighted by Crippen LogP contribution is 2.43. The van der Waals surface area contributed by atoms with E-state index in [0.29, 0.717) is 17.7 Å². The summed E-state index contributed by atoms with van der Waals surface area (Å²) in [7, 11) is 0. The van der Waals surface area contributed by atoms with Crippen LogP contribution in [0.2, 0.25) is 0 Å². The van der Waals surface area contributed by atoms with Crippen molar-refractivity contribution in [3.8, 4) is 22.6 Å². The first-order chi connectivity index (χ1) is 9.58. The normalized spacial score (nSPS) is 14.3. The van der Waals surface area contributed by atoms with Crippen molar-refractivity contribution in [3.05, 3.63) is 58.7 Å². The summed E-state index contributed by atoms with van der Waals surface area (Å²) in [6.45, 7) is 4.17. The Morgan fingerprint density at radius 1 is 0.850 bits per heavy atom. The molecule has 0 fully saturated rings. The van der Waals surface area contributed by atoms with Crippen LogP contribution in [-0.4, -0.2) is 10.2 Å². The molecule has 2 aromatic carbocycles. The van der Waals surface area contributed by atoms with Crippen LogP contribution in [0.25, 0.3) is 11.1 Å². The van der Waals surface area contributed by atoms with E-state index in [4.69, 9.17) is 0 Å². The van der Waals surface area contributed by atoms with Gasteiger partial charge in [-0.15, -0.1) is 0 Å². The van der Waals surface area contributed by atoms with Gasteiger partial charge in [0, 0.05) is 16.7 Å². The summed E-state index contributed by atoms with van der Waals surface area (Å²) in [6.07, 6.45) is 1.43. The minimum atomic E-state index is 0.281. The second-order valence-corrected chi connectivity index (χ2v) is 5.53. The molecule has 0 saturated carbocycles. The molecule has 0 heterocycles. The Kier molecular flexibility index (Phi) is 3.01. The average molecular weight is 266 g/mol. The number of allylic oxidation sites excluding steroid dienone is 2. The van der Waals surface area contributed by atoms with Crippen molar-refractivity contribution in [1.82, 2.24) is 0 Å². The van der Waals surface area contributed by atoms with Crippen LogP contribution in [0.1, 0.15) is 25.0 Å². The van der Waals surface area contributed by atoms with Gasteiger partial charge in [0.2, 0.25) is 0 Å². The molecular weight excluding hydrogens is 248 g/mol. The van der Waals surface area contributed by atoms with E-state index in [1.165, 1.54) is 11.1 Å². The molecule has 2 nitrogen and oxygen atoms in total. The van der Waals surface area contributed by atoms with Crippen molar-refractivity contribution in [2.45, 2.75) is 26.7 Å². The highest BCUT2D eigenvalue weighted by Gasteiger charge is 2.22. The van der Waals surface area contributed by atoms with Crippen molar-refractivity contribution in [2.24, 2.45) is 0 Å². The molecule has 0 amide bonds. The Hall–Kier alpha value is -2.22. The Labute approximate surface area is 119 Å². The Balaban J connectivity index is 2.19. The molecule has 1 aliphatic rings. The van der Waals surface area contributed by atoms with Gasteiger partial charge in [0.05, 0.1) is 0 Å². The first-order valence-electron chi connectivity index (χ1n) is 6.85. The van der Waals surface area contributed by atoms with Crippen LogP contribution in [0, 0.1) is 0 Å². The lowest BCUT2D eigenvalue weighted by Crippen LogP contribution is -2.07. The van der Waals surface area contributed by atoms with E-state index >= 15 is 0 Å². The molecule has 3 rings (SSSR count). The van der Waals surface area contributed by atoms with Gasteiger partial charge in [0.1, 0.15) is 11.5 Å². The highest BCUT2D eigenvalue weighted by molar-refractivity contribution is 5.76. The molecular formula is C18H18O2. The summed E-state index contributed by atoms with van der Waals surface area (Å²) in [5.41, 5.74) is 5.91. The van der Waals surface area contributed by atoms with Crippen molar-refractivity contribution >= 4 is 0 Å². The summed E-state index contributed by atoms with van der Waals surface area (Å²) in [4.78, 5) is 0. The van der Waals surface area contributed by atoms with Crippen LogP contribution < -0.4 is 0 Å². The van der Waals surface area contributed by atoms with E-state index in [1.54, 1.807) is 6.07 Å². The zero-order valence-electron chi connectivity index (χ0n) is 11.8. The average Bonchev–Trinajstić information content (AvgIpc) is 2.46. The van der Waals surface area contributed by atoms with Crippen LogP contribution in [0.15, 0.2) is 47.5 Å². The monoisotopic (exact) mass is 266 g/mol. The Morgan fingerprint density at radius 2 is 1.45 bits per heavy atom. The van der Waals surface area contributed by atoms with Gasteiger partial charge < -0.3 is 10.2 Å². The maximum Gasteiger partial charge on any atom is 0.127 e. The van der Waals surface area contributed by atoms with E-state index in [-0.39, 0.29) is 5.75 Å². The lowest BCUT2D eigenvalue weighted by atomic mass is 9.84. The third kappa shape index (κ3) is 1.97. The maximum absolute atomic E-state index is 10.6. The fraction of sp³-hybridized carbons (Fsp3) is 0.222. The molecule has 0 unspecified atom stereocenters. The third-order valence-corrected chi connectivity index (χ3v) is 4.19. The van der Waals surface area contributed by atoms with Gasteiger partial charge in [-0.2, -0.15) is 0 Å². The molecule has 2 aromatic rings. The lowest BCUT2D eigenvalue weighted by molar-refractivity contribution is 0.450. The van der Waals surface area contributed by atoms with Gasteiger partial charge in [-0.3, -0.25) is 0 Å². The van der Waals surface area contributed by atoms with Crippen LogP contribution in [-0.2, 0) is 12.8 Å². The van der Waals surface area contributed by atoms with Crippen molar-refractivity contribution in [2.75, 3.05) is 0 Å². The topological polar surface area (TPSA) is 40.5 Å². The van der Waals surface area contributed by atoms with Crippen LogP contribution in [0.3, 0.4) is 0 Å². The second kappa shape index (κ2) is 4.71. The van der Waals surface area contributed by atoms with Crippen LogP contribution >= 0.6 is 0 Å². The molecule has 0 aromatic heterocycles. The molecule has 2 heteroatoms. The number of rotatable bonds is 1. The van der Waals surface area contributed by atoms with Crippen LogP contribution in [0.4, 0.5) is 0 Å². The summed E-state index contributed by atoms with van der Waals surface area (Å²) in [6, 6.07) is 11.4. The lowest BCUT2D eigenvalue weighted by Gasteiger charge is -2.23. The predicted molar refractivity (Wildman–Crippen MR) is 81.0 cm³/mol. The van der Waals surface area contributed by atoms with Gasteiger partial charge in [-0.1, -0.05) is 41.5 Å². The van der Waals surface area contributed by atoms with Crippen LogP contribution in [0.5, 0.6) is 11.5 Å². The molecule has 0 aliphatic heterocycles. The van der Waals surface area contributed by atoms with Gasteiger partial charge in [-0.05, 0) is 38.3 Å². The number of phenols is 2. The molecule has 0 atom stereocenters. The summed E-state index contributed by atoms with van der Waals surface area (Å²) in [5.74, 6) is 0.583. The minimum absolute atomic E-state index is 0.281. The Bertz CT molecular complexity index is 697. The van der Waals surface area contributed by atoms with Crippen molar-refractivity contribution < 1.29 is 10.2 Å². The van der Waals surface area contributed by atoms with Gasteiger partial charge in [-0.25, -0.2) is 0 Å². The smallest absolute Gasteiger partial charge is 0.127 e. The Morgan fingerprint density at radius 3 is 2.10 bits per heavy atom. The quantitative estimate of drug-likeness (QED) is 0.600. The summed E-state index contributed by atoms with van der Waals surface area (Å²) in [5, 5.41) is 20.9. The molecule has 0 bridgehead atoms. The first-order valence-corrected chi connectivity index (χ1v) is 6.85. The minimum Gasteiger partial charge on any atom is -0.508 e. The van der Waals surface area contributed by atoms with Crippen molar-refractivity contribution in [3.63, 3.8) is 0 Å². The van der Waals surface area contributed by atoms with E-state index < -0.39 is 0 Å². The number of aromatic hydroxyl groups is 2. The third-order valence-electron chi connectivity index (χ3n) is 4.19. The van der Waals surface area contributed by atoms with Gasteiger partial charge in [0.25, 0.3) is 0 Å². The molecule has 0 saturated heterocycles. The number of fused-ring (bicyclic) bond motifs is 1. The fourth-order valence-electron chi connectivity index (χ4n) is 2.81. The molecule has 1 aliphatic carbocycles. The molecule has 20 heavy (non-hydrogen) atoms. The second-order valence-electron chi connectivity index (χ2n) is 5.53. The standard InChI is InChI=1S/C18H18O2/c1-11-8-15-16(9-12(11)2)18(20)14(10-17(15)19)13-6-4-3-5-7-13/h3-7,10,19-20H,8-9H2,1-2H3. The molecule has 0 spiro atoms. The van der Waals surface area contributed by atoms with E-state index in [9.17, 15) is 10.2 Å². The number of hydrogen-bond acceptors (Lipinski definition) is 2. The molecule has 102 valence electrons. The van der Waals surface area contributed by atoms with Gasteiger partial charge >= 0.3 is 0 Å². The zero-order valence-corrected chi connectivity index (χ0v) is 11.8. The van der Waals surface area contributed by atoms with E-state index in [0.717, 1.165) is 23.1 Å². The summed E-state index contributed by atoms with van der Waals surface area (Å²) < 4.78 is 0. The van der Waals surface area contributed by atoms with Gasteiger partial charge in [0.15, 0.2) is 0 Å². The fourth-order valence-corrected chi connectivity index (χ4v) is 2.81.